The number of carbonyl (C=O) groups is 2. The van der Waals surface area contributed by atoms with Crippen molar-refractivity contribution in [2.45, 2.75) is 23.8 Å². The molecule has 3 rings (SSSR count). The van der Waals surface area contributed by atoms with Crippen LogP contribution in [0.3, 0.4) is 0 Å². The molecule has 0 radical (unpaired) electrons. The predicted molar refractivity (Wildman–Crippen MR) is 113 cm³/mol. The van der Waals surface area contributed by atoms with Gasteiger partial charge in [-0.15, -0.1) is 0 Å². The van der Waals surface area contributed by atoms with Gasteiger partial charge in [0.25, 0.3) is 15.9 Å². The minimum atomic E-state index is -3.89. The maximum atomic E-state index is 13.0. The van der Waals surface area contributed by atoms with Crippen LogP contribution in [-0.4, -0.2) is 58.0 Å². The lowest BCUT2D eigenvalue weighted by molar-refractivity contribution is -0.125. The van der Waals surface area contributed by atoms with Crippen molar-refractivity contribution in [3.05, 3.63) is 59.9 Å². The van der Waals surface area contributed by atoms with E-state index >= 15 is 0 Å². The second-order valence-corrected chi connectivity index (χ2v) is 8.76. The van der Waals surface area contributed by atoms with E-state index in [1.807, 2.05) is 0 Å². The highest BCUT2D eigenvalue weighted by Gasteiger charge is 2.34. The van der Waals surface area contributed by atoms with Gasteiger partial charge in [0.05, 0.1) is 11.5 Å². The number of nitrogens with zero attached hydrogens (tertiary/aromatic N) is 1. The fourth-order valence-corrected chi connectivity index (χ4v) is 4.41. The monoisotopic (exact) mass is 449 g/mol. The summed E-state index contributed by atoms with van der Waals surface area (Å²) in [6.07, 6.45) is 1.31. The van der Waals surface area contributed by atoms with Crippen LogP contribution < -0.4 is 10.0 Å². The Hall–Kier alpha value is -2.98. The summed E-state index contributed by atoms with van der Waals surface area (Å²) in [5.41, 5.74) is 0.609. The van der Waals surface area contributed by atoms with Crippen molar-refractivity contribution in [2.24, 2.45) is 0 Å². The smallest absolute Gasteiger partial charge is 0.261 e. The molecule has 1 heterocycles. The number of methoxy groups -OCH3 is 1. The van der Waals surface area contributed by atoms with Crippen molar-refractivity contribution in [1.82, 2.24) is 10.2 Å². The number of likely N-dealkylation sites (tertiary alicyclic amines) is 1. The first-order valence-electron chi connectivity index (χ1n) is 9.78. The van der Waals surface area contributed by atoms with Crippen molar-refractivity contribution >= 4 is 27.5 Å². The molecule has 2 amide bonds. The zero-order valence-electron chi connectivity index (χ0n) is 17.0. The third-order valence-corrected chi connectivity index (χ3v) is 6.33. The lowest BCUT2D eigenvalue weighted by atomic mass is 10.1. The molecule has 1 fully saturated rings. The number of hydrogen-bond donors (Lipinski definition) is 2. The molecular weight excluding hydrogens is 425 g/mol. The summed E-state index contributed by atoms with van der Waals surface area (Å²) < 4.78 is 45.1. The Labute approximate surface area is 180 Å². The van der Waals surface area contributed by atoms with Gasteiger partial charge in [0.2, 0.25) is 5.91 Å². The average molecular weight is 450 g/mol. The summed E-state index contributed by atoms with van der Waals surface area (Å²) in [6.45, 7) is 1.23. The van der Waals surface area contributed by atoms with Crippen LogP contribution in [0.25, 0.3) is 0 Å². The Morgan fingerprint density at radius 2 is 1.81 bits per heavy atom. The first-order chi connectivity index (χ1) is 14.8. The van der Waals surface area contributed by atoms with Crippen molar-refractivity contribution in [1.29, 1.82) is 0 Å². The molecule has 0 spiro atoms. The molecule has 1 aliphatic rings. The number of amides is 2. The molecule has 0 bridgehead atoms. The van der Waals surface area contributed by atoms with Crippen LogP contribution in [0.1, 0.15) is 23.2 Å². The molecule has 1 saturated heterocycles. The molecule has 1 aliphatic heterocycles. The Balaban J connectivity index is 1.67. The topological polar surface area (TPSA) is 105 Å². The largest absolute Gasteiger partial charge is 0.383 e. The Morgan fingerprint density at radius 3 is 2.45 bits per heavy atom. The van der Waals surface area contributed by atoms with Crippen molar-refractivity contribution in [2.75, 3.05) is 31.5 Å². The summed E-state index contributed by atoms with van der Waals surface area (Å²) in [5.74, 6) is -1.04. The number of benzene rings is 2. The van der Waals surface area contributed by atoms with Gasteiger partial charge < -0.3 is 15.0 Å². The van der Waals surface area contributed by atoms with Gasteiger partial charge in [-0.3, -0.25) is 14.3 Å². The molecule has 166 valence electrons. The maximum Gasteiger partial charge on any atom is 0.261 e. The van der Waals surface area contributed by atoms with Gasteiger partial charge in [-0.05, 0) is 61.4 Å². The second-order valence-electron chi connectivity index (χ2n) is 7.08. The van der Waals surface area contributed by atoms with Gasteiger partial charge in [0.1, 0.15) is 11.9 Å². The molecule has 31 heavy (non-hydrogen) atoms. The number of hydrogen-bond acceptors (Lipinski definition) is 5. The van der Waals surface area contributed by atoms with E-state index in [4.69, 9.17) is 4.74 Å². The van der Waals surface area contributed by atoms with E-state index in [0.717, 1.165) is 18.6 Å². The third-order valence-electron chi connectivity index (χ3n) is 4.93. The lowest BCUT2D eigenvalue weighted by Crippen LogP contribution is -2.46. The van der Waals surface area contributed by atoms with Crippen LogP contribution in [0.15, 0.2) is 53.4 Å². The molecule has 0 saturated carbocycles. The minimum absolute atomic E-state index is 0.0755. The van der Waals surface area contributed by atoms with Crippen LogP contribution in [-0.2, 0) is 19.6 Å². The highest BCUT2D eigenvalue weighted by atomic mass is 32.2. The van der Waals surface area contributed by atoms with Gasteiger partial charge in [-0.2, -0.15) is 0 Å². The second kappa shape index (κ2) is 9.88. The zero-order chi connectivity index (χ0) is 22.4. The van der Waals surface area contributed by atoms with Crippen LogP contribution in [0.4, 0.5) is 10.1 Å². The standard InChI is InChI=1S/C21H24FN3O5S/c1-30-14-12-23-20(26)19-3-2-13-25(19)21(27)15-4-8-17(9-5-15)24-31(28,29)18-10-6-16(22)7-11-18/h4-11,19,24H,2-3,12-14H2,1H3,(H,23,26)/t19-/m1/s1. The van der Waals surface area contributed by atoms with Crippen LogP contribution in [0, 0.1) is 5.82 Å². The van der Waals surface area contributed by atoms with Gasteiger partial charge in [-0.1, -0.05) is 0 Å². The van der Waals surface area contributed by atoms with Gasteiger partial charge in [-0.25, -0.2) is 12.8 Å². The normalized spacial score (nSPS) is 16.2. The number of ether oxygens (including phenoxy) is 1. The van der Waals surface area contributed by atoms with Crippen molar-refractivity contribution in [3.8, 4) is 0 Å². The van der Waals surface area contributed by atoms with E-state index in [2.05, 4.69) is 10.0 Å². The number of rotatable bonds is 8. The Kier molecular flexibility index (Phi) is 7.24. The Bertz CT molecular complexity index is 1030. The number of halogens is 1. The molecular formula is C21H24FN3O5S. The van der Waals surface area contributed by atoms with Crippen molar-refractivity contribution in [3.63, 3.8) is 0 Å². The average Bonchev–Trinajstić information content (AvgIpc) is 3.24. The van der Waals surface area contributed by atoms with E-state index in [9.17, 15) is 22.4 Å². The van der Waals surface area contributed by atoms with Gasteiger partial charge >= 0.3 is 0 Å². The molecule has 0 unspecified atom stereocenters. The first-order valence-corrected chi connectivity index (χ1v) is 11.3. The number of carbonyl (C=O) groups excluding carboxylic acids is 2. The third kappa shape index (κ3) is 5.59. The summed E-state index contributed by atoms with van der Waals surface area (Å²) in [4.78, 5) is 26.7. The molecule has 10 heteroatoms. The van der Waals surface area contributed by atoms with Crippen LogP contribution in [0.2, 0.25) is 0 Å². The molecule has 2 aromatic carbocycles. The molecule has 8 nitrogen and oxygen atoms in total. The highest BCUT2D eigenvalue weighted by molar-refractivity contribution is 7.92. The van der Waals surface area contributed by atoms with Crippen LogP contribution >= 0.6 is 0 Å². The molecule has 0 aliphatic carbocycles. The van der Waals surface area contributed by atoms with Gasteiger partial charge in [0.15, 0.2) is 0 Å². The van der Waals surface area contributed by atoms with E-state index in [-0.39, 0.29) is 22.4 Å². The van der Waals surface area contributed by atoms with Crippen molar-refractivity contribution < 1.29 is 27.1 Å². The van der Waals surface area contributed by atoms with E-state index in [1.54, 1.807) is 7.11 Å². The number of nitrogens with one attached hydrogen (secondary N) is 2. The fraction of sp³-hybridized carbons (Fsp3) is 0.333. The van der Waals surface area contributed by atoms with E-state index in [1.165, 1.54) is 41.3 Å². The molecule has 1 atom stereocenters. The molecule has 2 aromatic rings. The quantitative estimate of drug-likeness (QED) is 0.600. The summed E-state index contributed by atoms with van der Waals surface area (Å²) >= 11 is 0. The minimum Gasteiger partial charge on any atom is -0.383 e. The zero-order valence-corrected chi connectivity index (χ0v) is 17.8. The number of anilines is 1. The van der Waals surface area contributed by atoms with Crippen LogP contribution in [0.5, 0.6) is 0 Å². The predicted octanol–water partition coefficient (Wildman–Crippen LogP) is 1.99. The highest BCUT2D eigenvalue weighted by Crippen LogP contribution is 2.22. The molecule has 2 N–H and O–H groups in total. The number of sulfonamides is 1. The summed E-state index contributed by atoms with van der Waals surface area (Å²) in [5, 5.41) is 2.76. The van der Waals surface area contributed by atoms with Gasteiger partial charge in [0, 0.05) is 31.5 Å². The molecule has 0 aromatic heterocycles. The Morgan fingerprint density at radius 1 is 1.13 bits per heavy atom. The maximum absolute atomic E-state index is 13.0. The first kappa shape index (κ1) is 22.7. The summed E-state index contributed by atoms with van der Waals surface area (Å²) in [7, 11) is -2.34. The van der Waals surface area contributed by atoms with E-state index in [0.29, 0.717) is 31.7 Å². The summed E-state index contributed by atoms with van der Waals surface area (Å²) in [6, 6.07) is 9.87. The fourth-order valence-electron chi connectivity index (χ4n) is 3.35. The lowest BCUT2D eigenvalue weighted by Gasteiger charge is -2.24. The SMILES string of the molecule is COCCNC(=O)[C@H]1CCCN1C(=O)c1ccc(NS(=O)(=O)c2ccc(F)cc2)cc1. The van der Waals surface area contributed by atoms with E-state index < -0.39 is 21.9 Å².